The molecule has 120 valence electrons. The second kappa shape index (κ2) is 6.67. The first-order valence-corrected chi connectivity index (χ1v) is 8.01. The maximum absolute atomic E-state index is 12.5. The summed E-state index contributed by atoms with van der Waals surface area (Å²) in [6, 6.07) is 7.29. The molecule has 1 aliphatic carbocycles. The SMILES string of the molecule is COc1cccc(C(=O)N2CCN(C[C@H](O)C3CC3)CC2)c1. The van der Waals surface area contributed by atoms with Crippen LogP contribution in [0.25, 0.3) is 0 Å². The van der Waals surface area contributed by atoms with E-state index in [1.54, 1.807) is 13.2 Å². The molecule has 0 aromatic heterocycles. The number of piperazine rings is 1. The molecule has 1 amide bonds. The predicted octanol–water partition coefficient (Wildman–Crippen LogP) is 1.22. The zero-order valence-electron chi connectivity index (χ0n) is 13.1. The van der Waals surface area contributed by atoms with Gasteiger partial charge >= 0.3 is 0 Å². The summed E-state index contributed by atoms with van der Waals surface area (Å²) in [4.78, 5) is 16.7. The molecule has 1 aliphatic heterocycles. The van der Waals surface area contributed by atoms with Crippen LogP contribution in [-0.4, -0.2) is 66.8 Å². The molecular formula is C17H24N2O3. The lowest BCUT2D eigenvalue weighted by Crippen LogP contribution is -2.50. The van der Waals surface area contributed by atoms with E-state index in [2.05, 4.69) is 4.90 Å². The molecule has 0 bridgehead atoms. The number of methoxy groups -OCH3 is 1. The molecule has 1 aromatic carbocycles. The van der Waals surface area contributed by atoms with Gasteiger partial charge in [-0.2, -0.15) is 0 Å². The minimum Gasteiger partial charge on any atom is -0.497 e. The van der Waals surface area contributed by atoms with Crippen molar-refractivity contribution in [2.24, 2.45) is 5.92 Å². The third-order valence-electron chi connectivity index (χ3n) is 4.59. The zero-order valence-corrected chi connectivity index (χ0v) is 13.1. The molecule has 3 rings (SSSR count). The standard InChI is InChI=1S/C17H24N2O3/c1-22-15-4-2-3-14(11-15)17(21)19-9-7-18(8-10-19)12-16(20)13-5-6-13/h2-4,11,13,16,20H,5-10,12H2,1H3/t16-/m0/s1. The van der Waals surface area contributed by atoms with Crippen LogP contribution in [0, 0.1) is 5.92 Å². The summed E-state index contributed by atoms with van der Waals surface area (Å²) >= 11 is 0. The van der Waals surface area contributed by atoms with Gasteiger partial charge in [0.25, 0.3) is 5.91 Å². The highest BCUT2D eigenvalue weighted by molar-refractivity contribution is 5.94. The molecule has 0 unspecified atom stereocenters. The Balaban J connectivity index is 1.52. The molecule has 22 heavy (non-hydrogen) atoms. The van der Waals surface area contributed by atoms with Gasteiger partial charge in [0.2, 0.25) is 0 Å². The highest BCUT2D eigenvalue weighted by atomic mass is 16.5. The third-order valence-corrected chi connectivity index (χ3v) is 4.59. The lowest BCUT2D eigenvalue weighted by atomic mass is 10.1. The fourth-order valence-corrected chi connectivity index (χ4v) is 2.97. The van der Waals surface area contributed by atoms with E-state index in [1.165, 1.54) is 0 Å². The number of amides is 1. The summed E-state index contributed by atoms with van der Waals surface area (Å²) in [7, 11) is 1.60. The number of β-amino-alcohol motifs (C(OH)–C–C–N with tert-alkyl or cyclic N) is 1. The number of carbonyl (C=O) groups excluding carboxylic acids is 1. The molecule has 1 saturated carbocycles. The molecular weight excluding hydrogens is 280 g/mol. The number of hydrogen-bond acceptors (Lipinski definition) is 4. The topological polar surface area (TPSA) is 53.0 Å². The molecule has 1 heterocycles. The minimum absolute atomic E-state index is 0.0568. The summed E-state index contributed by atoms with van der Waals surface area (Å²) in [6.07, 6.45) is 2.13. The van der Waals surface area contributed by atoms with Crippen molar-refractivity contribution < 1.29 is 14.6 Å². The van der Waals surface area contributed by atoms with Crippen molar-refractivity contribution in [3.63, 3.8) is 0 Å². The normalized spacial score (nSPS) is 20.7. The van der Waals surface area contributed by atoms with Crippen LogP contribution < -0.4 is 4.74 Å². The van der Waals surface area contributed by atoms with Gasteiger partial charge in [-0.15, -0.1) is 0 Å². The Morgan fingerprint density at radius 2 is 2.05 bits per heavy atom. The van der Waals surface area contributed by atoms with E-state index in [1.807, 2.05) is 23.1 Å². The zero-order chi connectivity index (χ0) is 15.5. The van der Waals surface area contributed by atoms with E-state index < -0.39 is 0 Å². The third kappa shape index (κ3) is 3.59. The molecule has 5 heteroatoms. The van der Waals surface area contributed by atoms with Gasteiger partial charge in [-0.05, 0) is 37.0 Å². The number of benzene rings is 1. The molecule has 1 N–H and O–H groups in total. The average molecular weight is 304 g/mol. The molecule has 0 spiro atoms. The van der Waals surface area contributed by atoms with Gasteiger partial charge in [0, 0.05) is 38.3 Å². The molecule has 2 fully saturated rings. The number of carbonyl (C=O) groups is 1. The minimum atomic E-state index is -0.194. The lowest BCUT2D eigenvalue weighted by molar-refractivity contribution is 0.0488. The van der Waals surface area contributed by atoms with Crippen molar-refractivity contribution in [1.29, 1.82) is 0 Å². The maximum atomic E-state index is 12.5. The van der Waals surface area contributed by atoms with Crippen LogP contribution in [0.2, 0.25) is 0 Å². The number of aliphatic hydroxyl groups excluding tert-OH is 1. The van der Waals surface area contributed by atoms with Crippen LogP contribution in [0.3, 0.4) is 0 Å². The summed E-state index contributed by atoms with van der Waals surface area (Å²) in [5.41, 5.74) is 0.672. The fourth-order valence-electron chi connectivity index (χ4n) is 2.97. The van der Waals surface area contributed by atoms with Crippen LogP contribution in [0.4, 0.5) is 0 Å². The second-order valence-corrected chi connectivity index (χ2v) is 6.23. The van der Waals surface area contributed by atoms with Gasteiger partial charge in [-0.1, -0.05) is 6.07 Å². The number of hydrogen-bond donors (Lipinski definition) is 1. The number of rotatable bonds is 5. The Labute approximate surface area is 131 Å². The van der Waals surface area contributed by atoms with E-state index >= 15 is 0 Å². The highest BCUT2D eigenvalue weighted by Crippen LogP contribution is 2.32. The smallest absolute Gasteiger partial charge is 0.254 e. The maximum Gasteiger partial charge on any atom is 0.254 e. The van der Waals surface area contributed by atoms with Crippen LogP contribution >= 0.6 is 0 Å². The molecule has 0 radical (unpaired) electrons. The second-order valence-electron chi connectivity index (χ2n) is 6.23. The molecule has 1 saturated heterocycles. The summed E-state index contributed by atoms with van der Waals surface area (Å²) < 4.78 is 5.17. The monoisotopic (exact) mass is 304 g/mol. The Morgan fingerprint density at radius 1 is 1.32 bits per heavy atom. The van der Waals surface area contributed by atoms with Gasteiger partial charge in [-0.25, -0.2) is 0 Å². The van der Waals surface area contributed by atoms with Gasteiger partial charge in [0.1, 0.15) is 5.75 Å². The summed E-state index contributed by atoms with van der Waals surface area (Å²) in [5.74, 6) is 1.27. The van der Waals surface area contributed by atoms with Crippen LogP contribution in [0.1, 0.15) is 23.2 Å². The van der Waals surface area contributed by atoms with Crippen molar-refractivity contribution >= 4 is 5.91 Å². The van der Waals surface area contributed by atoms with E-state index in [9.17, 15) is 9.90 Å². The van der Waals surface area contributed by atoms with Gasteiger partial charge < -0.3 is 14.7 Å². The van der Waals surface area contributed by atoms with E-state index in [0.29, 0.717) is 30.3 Å². The Bertz CT molecular complexity index is 522. The predicted molar refractivity (Wildman–Crippen MR) is 84.1 cm³/mol. The van der Waals surface area contributed by atoms with E-state index in [0.717, 1.165) is 32.5 Å². The van der Waals surface area contributed by atoms with Crippen molar-refractivity contribution in [2.75, 3.05) is 39.8 Å². The van der Waals surface area contributed by atoms with Gasteiger partial charge in [0.15, 0.2) is 0 Å². The highest BCUT2D eigenvalue weighted by Gasteiger charge is 2.32. The van der Waals surface area contributed by atoms with Crippen molar-refractivity contribution in [2.45, 2.75) is 18.9 Å². The molecule has 2 aliphatic rings. The van der Waals surface area contributed by atoms with Gasteiger partial charge in [0.05, 0.1) is 13.2 Å². The summed E-state index contributed by atoms with van der Waals surface area (Å²) in [5, 5.41) is 10.0. The first-order valence-electron chi connectivity index (χ1n) is 8.01. The van der Waals surface area contributed by atoms with Crippen molar-refractivity contribution in [1.82, 2.24) is 9.80 Å². The fraction of sp³-hybridized carbons (Fsp3) is 0.588. The number of aliphatic hydroxyl groups is 1. The molecule has 1 atom stereocenters. The largest absolute Gasteiger partial charge is 0.497 e. The van der Waals surface area contributed by atoms with Crippen LogP contribution in [0.5, 0.6) is 5.75 Å². The van der Waals surface area contributed by atoms with Crippen molar-refractivity contribution in [3.8, 4) is 5.75 Å². The van der Waals surface area contributed by atoms with Crippen LogP contribution in [0.15, 0.2) is 24.3 Å². The molecule has 1 aromatic rings. The first kappa shape index (κ1) is 15.3. The van der Waals surface area contributed by atoms with Crippen molar-refractivity contribution in [3.05, 3.63) is 29.8 Å². The van der Waals surface area contributed by atoms with E-state index in [4.69, 9.17) is 4.74 Å². The first-order chi connectivity index (χ1) is 10.7. The quantitative estimate of drug-likeness (QED) is 0.889. The van der Waals surface area contributed by atoms with E-state index in [-0.39, 0.29) is 12.0 Å². The Kier molecular flexibility index (Phi) is 4.64. The molecule has 5 nitrogen and oxygen atoms in total. The lowest BCUT2D eigenvalue weighted by Gasteiger charge is -2.35. The summed E-state index contributed by atoms with van der Waals surface area (Å²) in [6.45, 7) is 3.84. The number of ether oxygens (including phenoxy) is 1. The number of nitrogens with zero attached hydrogens (tertiary/aromatic N) is 2. The van der Waals surface area contributed by atoms with Gasteiger partial charge in [-0.3, -0.25) is 9.69 Å². The Hall–Kier alpha value is -1.59. The average Bonchev–Trinajstić information content (AvgIpc) is 3.40. The Morgan fingerprint density at radius 3 is 2.68 bits per heavy atom. The van der Waals surface area contributed by atoms with Crippen LogP contribution in [-0.2, 0) is 0 Å².